The number of rotatable bonds is 3. The quantitative estimate of drug-likeness (QED) is 0.934. The summed E-state index contributed by atoms with van der Waals surface area (Å²) in [6.07, 6.45) is -0.487. The van der Waals surface area contributed by atoms with Crippen molar-refractivity contribution in [1.82, 2.24) is 14.7 Å². The highest BCUT2D eigenvalue weighted by Crippen LogP contribution is 2.22. The Balaban J connectivity index is 2.28. The fourth-order valence-electron chi connectivity index (χ4n) is 2.11. The van der Waals surface area contributed by atoms with E-state index in [1.165, 1.54) is 9.58 Å². The molecular weight excluding hydrogens is 306 g/mol. The zero-order valence-electron chi connectivity index (χ0n) is 14.3. The molecule has 0 radical (unpaired) electrons. The zero-order chi connectivity index (χ0) is 17.9. The van der Waals surface area contributed by atoms with E-state index >= 15 is 0 Å². The van der Waals surface area contributed by atoms with Crippen LogP contribution in [0.15, 0.2) is 30.3 Å². The second-order valence-electron chi connectivity index (χ2n) is 6.40. The van der Waals surface area contributed by atoms with E-state index in [4.69, 9.17) is 10.5 Å². The van der Waals surface area contributed by atoms with Gasteiger partial charge in [0.15, 0.2) is 0 Å². The van der Waals surface area contributed by atoms with Gasteiger partial charge in [-0.05, 0) is 32.9 Å². The molecule has 126 valence electrons. The van der Waals surface area contributed by atoms with E-state index in [2.05, 4.69) is 11.2 Å². The second-order valence-corrected chi connectivity index (χ2v) is 6.40. The summed E-state index contributed by atoms with van der Waals surface area (Å²) in [6, 6.07) is 11.3. The smallest absolute Gasteiger partial charge is 0.410 e. The number of nitrogen functional groups attached to an aromatic ring is 1. The summed E-state index contributed by atoms with van der Waals surface area (Å²) in [4.78, 5) is 13.4. The molecule has 0 spiro atoms. The van der Waals surface area contributed by atoms with Crippen molar-refractivity contribution in [3.05, 3.63) is 41.6 Å². The lowest BCUT2D eigenvalue weighted by molar-refractivity contribution is 0.0283. The number of benzene rings is 1. The number of ether oxygens (including phenoxy) is 1. The van der Waals surface area contributed by atoms with E-state index < -0.39 is 11.7 Å². The number of hydrogen-bond donors (Lipinski definition) is 1. The van der Waals surface area contributed by atoms with Gasteiger partial charge in [-0.1, -0.05) is 18.2 Å². The first-order valence-electron chi connectivity index (χ1n) is 7.50. The number of amides is 1. The molecule has 0 atom stereocenters. The van der Waals surface area contributed by atoms with Crippen LogP contribution in [0.5, 0.6) is 0 Å². The zero-order valence-corrected chi connectivity index (χ0v) is 14.3. The van der Waals surface area contributed by atoms with Gasteiger partial charge < -0.3 is 15.4 Å². The SMILES string of the molecule is CN(Cc1nn(-c2ccccc2)c(N)c1C#N)C(=O)OC(C)(C)C. The highest BCUT2D eigenvalue weighted by atomic mass is 16.6. The van der Waals surface area contributed by atoms with Crippen molar-refractivity contribution in [2.45, 2.75) is 32.9 Å². The van der Waals surface area contributed by atoms with Crippen molar-refractivity contribution in [2.24, 2.45) is 0 Å². The Hall–Kier alpha value is -3.01. The number of para-hydroxylation sites is 1. The van der Waals surface area contributed by atoms with Gasteiger partial charge in [0.1, 0.15) is 28.7 Å². The number of nitriles is 1. The third-order valence-corrected chi connectivity index (χ3v) is 3.20. The molecule has 0 aliphatic carbocycles. The van der Waals surface area contributed by atoms with Crippen LogP contribution >= 0.6 is 0 Å². The lowest BCUT2D eigenvalue weighted by Gasteiger charge is -2.24. The fraction of sp³-hybridized carbons (Fsp3) is 0.353. The van der Waals surface area contributed by atoms with Crippen LogP contribution in [0.25, 0.3) is 5.69 Å². The molecule has 2 rings (SSSR count). The van der Waals surface area contributed by atoms with Crippen LogP contribution in [0.1, 0.15) is 32.0 Å². The third kappa shape index (κ3) is 3.84. The van der Waals surface area contributed by atoms with Crippen LogP contribution in [0, 0.1) is 11.3 Å². The largest absolute Gasteiger partial charge is 0.444 e. The number of nitrogens with zero attached hydrogens (tertiary/aromatic N) is 4. The topological polar surface area (TPSA) is 97.2 Å². The fourth-order valence-corrected chi connectivity index (χ4v) is 2.11. The summed E-state index contributed by atoms with van der Waals surface area (Å²) in [6.45, 7) is 5.51. The summed E-state index contributed by atoms with van der Waals surface area (Å²) < 4.78 is 6.80. The van der Waals surface area contributed by atoms with Gasteiger partial charge in [0.05, 0.1) is 12.2 Å². The van der Waals surface area contributed by atoms with Gasteiger partial charge in [0.25, 0.3) is 0 Å². The van der Waals surface area contributed by atoms with E-state index in [0.29, 0.717) is 5.69 Å². The van der Waals surface area contributed by atoms with Crippen molar-refractivity contribution in [3.8, 4) is 11.8 Å². The molecule has 1 aromatic heterocycles. The minimum Gasteiger partial charge on any atom is -0.444 e. The van der Waals surface area contributed by atoms with Crippen LogP contribution < -0.4 is 5.73 Å². The summed E-state index contributed by atoms with van der Waals surface area (Å²) in [5.74, 6) is 0.247. The Bertz CT molecular complexity index is 769. The molecule has 0 unspecified atom stereocenters. The van der Waals surface area contributed by atoms with Crippen LogP contribution in [-0.2, 0) is 11.3 Å². The Morgan fingerprint density at radius 1 is 1.38 bits per heavy atom. The highest BCUT2D eigenvalue weighted by molar-refractivity contribution is 5.68. The van der Waals surface area contributed by atoms with Crippen molar-refractivity contribution in [1.29, 1.82) is 5.26 Å². The van der Waals surface area contributed by atoms with E-state index in [1.807, 2.05) is 30.3 Å². The van der Waals surface area contributed by atoms with Crippen molar-refractivity contribution in [3.63, 3.8) is 0 Å². The number of aromatic nitrogens is 2. The van der Waals surface area contributed by atoms with E-state index in [-0.39, 0.29) is 17.9 Å². The van der Waals surface area contributed by atoms with E-state index in [0.717, 1.165) is 5.69 Å². The highest BCUT2D eigenvalue weighted by Gasteiger charge is 2.23. The molecule has 0 saturated carbocycles. The van der Waals surface area contributed by atoms with Crippen molar-refractivity contribution >= 4 is 11.9 Å². The predicted octanol–water partition coefficient (Wildman–Crippen LogP) is 2.69. The van der Waals surface area contributed by atoms with Crippen LogP contribution in [0.4, 0.5) is 10.6 Å². The molecule has 7 nitrogen and oxygen atoms in total. The van der Waals surface area contributed by atoms with Gasteiger partial charge >= 0.3 is 6.09 Å². The first kappa shape index (κ1) is 17.3. The summed E-state index contributed by atoms with van der Waals surface area (Å²) in [5.41, 5.74) is 6.88. The molecule has 2 aromatic rings. The maximum absolute atomic E-state index is 12.1. The lowest BCUT2D eigenvalue weighted by Crippen LogP contribution is -2.34. The maximum atomic E-state index is 12.1. The van der Waals surface area contributed by atoms with Crippen LogP contribution in [0.2, 0.25) is 0 Å². The molecule has 0 aliphatic heterocycles. The second kappa shape index (κ2) is 6.62. The molecule has 24 heavy (non-hydrogen) atoms. The number of hydrogen-bond acceptors (Lipinski definition) is 5. The summed E-state index contributed by atoms with van der Waals surface area (Å²) >= 11 is 0. The predicted molar refractivity (Wildman–Crippen MR) is 90.4 cm³/mol. The van der Waals surface area contributed by atoms with Gasteiger partial charge in [0.2, 0.25) is 0 Å². The Labute approximate surface area is 141 Å². The minimum atomic E-state index is -0.591. The van der Waals surface area contributed by atoms with Crippen molar-refractivity contribution in [2.75, 3.05) is 12.8 Å². The number of carbonyl (C=O) groups is 1. The van der Waals surface area contributed by atoms with Gasteiger partial charge in [-0.3, -0.25) is 0 Å². The van der Waals surface area contributed by atoms with Crippen LogP contribution in [-0.4, -0.2) is 33.4 Å². The van der Waals surface area contributed by atoms with Gasteiger partial charge in [0, 0.05) is 7.05 Å². The Morgan fingerprint density at radius 2 is 2.00 bits per heavy atom. The summed E-state index contributed by atoms with van der Waals surface area (Å²) in [5, 5.41) is 13.8. The van der Waals surface area contributed by atoms with Gasteiger partial charge in [-0.25, -0.2) is 9.48 Å². The molecule has 0 fully saturated rings. The maximum Gasteiger partial charge on any atom is 0.410 e. The molecule has 0 saturated heterocycles. The monoisotopic (exact) mass is 327 g/mol. The first-order valence-corrected chi connectivity index (χ1v) is 7.50. The third-order valence-electron chi connectivity index (χ3n) is 3.20. The normalized spacial score (nSPS) is 11.0. The lowest BCUT2D eigenvalue weighted by atomic mass is 10.2. The van der Waals surface area contributed by atoms with Crippen molar-refractivity contribution < 1.29 is 9.53 Å². The van der Waals surface area contributed by atoms with E-state index in [9.17, 15) is 10.1 Å². The standard InChI is InChI=1S/C17H21N5O2/c1-17(2,3)24-16(23)21(4)11-14-13(10-18)15(19)22(20-14)12-8-6-5-7-9-12/h5-9H,11,19H2,1-4H3. The average molecular weight is 327 g/mol. The minimum absolute atomic E-state index is 0.127. The molecule has 0 aliphatic rings. The number of carbonyl (C=O) groups excluding carboxylic acids is 1. The molecule has 2 N–H and O–H groups in total. The Morgan fingerprint density at radius 3 is 2.54 bits per heavy atom. The molecule has 1 aromatic carbocycles. The summed E-state index contributed by atoms with van der Waals surface area (Å²) in [7, 11) is 1.59. The molecular formula is C17H21N5O2. The van der Waals surface area contributed by atoms with Crippen LogP contribution in [0.3, 0.4) is 0 Å². The molecule has 0 bridgehead atoms. The number of anilines is 1. The van der Waals surface area contributed by atoms with E-state index in [1.54, 1.807) is 27.8 Å². The average Bonchev–Trinajstić information content (AvgIpc) is 2.82. The first-order chi connectivity index (χ1) is 11.2. The molecule has 1 amide bonds. The molecule has 1 heterocycles. The number of nitrogens with two attached hydrogens (primary N) is 1. The van der Waals surface area contributed by atoms with Gasteiger partial charge in [-0.2, -0.15) is 10.4 Å². The van der Waals surface area contributed by atoms with Gasteiger partial charge in [-0.15, -0.1) is 0 Å². The molecule has 7 heteroatoms. The Kier molecular flexibility index (Phi) is 4.79.